The zero-order valence-corrected chi connectivity index (χ0v) is 9.14. The summed E-state index contributed by atoms with van der Waals surface area (Å²) in [5.74, 6) is -2.25. The van der Waals surface area contributed by atoms with E-state index in [0.717, 1.165) is 10.8 Å². The molecule has 5 heteroatoms. The fourth-order valence-electron chi connectivity index (χ4n) is 1.55. The summed E-state index contributed by atoms with van der Waals surface area (Å²) in [6.45, 7) is 0. The molecule has 0 saturated carbocycles. The lowest BCUT2D eigenvalue weighted by Crippen LogP contribution is -1.92. The number of fused-ring (bicyclic) bond motifs is 1. The first-order valence-corrected chi connectivity index (χ1v) is 6.34. The molecule has 16 heavy (non-hydrogen) atoms. The third kappa shape index (κ3) is 2.14. The third-order valence-corrected chi connectivity index (χ3v) is 3.23. The van der Waals surface area contributed by atoms with Crippen molar-refractivity contribution in [1.29, 1.82) is 0 Å². The molecule has 2 aromatic rings. The highest BCUT2D eigenvalue weighted by Crippen LogP contribution is 2.52. The maximum atomic E-state index is 13.4. The Morgan fingerprint density at radius 1 is 1.06 bits per heavy atom. The minimum Gasteiger partial charge on any atom is -0.322 e. The lowest BCUT2D eigenvalue weighted by atomic mass is 10.1. The van der Waals surface area contributed by atoms with Gasteiger partial charge in [-0.05, 0) is 22.4 Å². The van der Waals surface area contributed by atoms with Gasteiger partial charge in [-0.15, -0.1) is 0 Å². The second kappa shape index (κ2) is 3.98. The molecule has 0 aromatic heterocycles. The van der Waals surface area contributed by atoms with E-state index in [1.807, 2.05) is 12.1 Å². The summed E-state index contributed by atoms with van der Waals surface area (Å²) in [7, 11) is -4.72. The molecule has 0 fully saturated rings. The minimum atomic E-state index is -4.72. The molecule has 0 spiro atoms. The first kappa shape index (κ1) is 11.3. The van der Waals surface area contributed by atoms with Crippen LogP contribution in [0.5, 0.6) is 0 Å². The largest absolute Gasteiger partial charge is 0.363 e. The molecule has 0 amide bonds. The van der Waals surface area contributed by atoms with Gasteiger partial charge in [0.1, 0.15) is 0 Å². The van der Waals surface area contributed by atoms with Gasteiger partial charge in [-0.3, -0.25) is 4.57 Å². The topological polar surface area (TPSA) is 57.5 Å². The van der Waals surface area contributed by atoms with E-state index in [4.69, 9.17) is 9.79 Å². The van der Waals surface area contributed by atoms with Gasteiger partial charge in [0.2, 0.25) is 5.91 Å². The van der Waals surface area contributed by atoms with Crippen molar-refractivity contribution in [2.24, 2.45) is 0 Å². The SMILES string of the molecule is O=P(O)(O)C(F)c1ccc2ccccc2c1. The average Bonchev–Trinajstić information content (AvgIpc) is 2.26. The van der Waals surface area contributed by atoms with Crippen molar-refractivity contribution in [3.8, 4) is 0 Å². The van der Waals surface area contributed by atoms with Crippen molar-refractivity contribution in [2.45, 2.75) is 5.91 Å². The first-order chi connectivity index (χ1) is 7.48. The van der Waals surface area contributed by atoms with Gasteiger partial charge in [0, 0.05) is 0 Å². The number of hydrogen-bond donors (Lipinski definition) is 2. The standard InChI is InChI=1S/C11H10FO3P/c12-11(16(13,14)15)10-6-5-8-3-1-2-4-9(8)7-10/h1-7,11H,(H2,13,14,15). The summed E-state index contributed by atoms with van der Waals surface area (Å²) >= 11 is 0. The van der Waals surface area contributed by atoms with Crippen LogP contribution in [0.15, 0.2) is 42.5 Å². The quantitative estimate of drug-likeness (QED) is 0.793. The Balaban J connectivity index is 2.51. The van der Waals surface area contributed by atoms with Gasteiger partial charge in [-0.1, -0.05) is 36.4 Å². The Hall–Kier alpha value is -1.22. The average molecular weight is 240 g/mol. The molecule has 0 bridgehead atoms. The molecule has 1 atom stereocenters. The predicted octanol–water partition coefficient (Wildman–Crippen LogP) is 2.99. The molecular formula is C11H10FO3P. The van der Waals surface area contributed by atoms with Crippen LogP contribution in [0.25, 0.3) is 10.8 Å². The smallest absolute Gasteiger partial charge is 0.322 e. The van der Waals surface area contributed by atoms with Crippen molar-refractivity contribution < 1.29 is 18.7 Å². The van der Waals surface area contributed by atoms with Gasteiger partial charge in [0.25, 0.3) is 0 Å². The van der Waals surface area contributed by atoms with Crippen LogP contribution in [0.3, 0.4) is 0 Å². The Kier molecular flexibility index (Phi) is 2.80. The summed E-state index contributed by atoms with van der Waals surface area (Å²) in [4.78, 5) is 17.5. The highest BCUT2D eigenvalue weighted by atomic mass is 31.2. The van der Waals surface area contributed by atoms with Gasteiger partial charge in [-0.25, -0.2) is 4.39 Å². The van der Waals surface area contributed by atoms with Crippen LogP contribution < -0.4 is 0 Å². The third-order valence-electron chi connectivity index (χ3n) is 2.34. The lowest BCUT2D eigenvalue weighted by Gasteiger charge is -2.10. The van der Waals surface area contributed by atoms with Crippen molar-refractivity contribution in [3.05, 3.63) is 48.0 Å². The van der Waals surface area contributed by atoms with Crippen molar-refractivity contribution in [3.63, 3.8) is 0 Å². The molecule has 2 rings (SSSR count). The van der Waals surface area contributed by atoms with Crippen LogP contribution in [0, 0.1) is 0 Å². The van der Waals surface area contributed by atoms with E-state index in [9.17, 15) is 8.96 Å². The number of rotatable bonds is 2. The second-order valence-corrected chi connectivity index (χ2v) is 5.16. The first-order valence-electron chi connectivity index (χ1n) is 4.66. The predicted molar refractivity (Wildman–Crippen MR) is 59.8 cm³/mol. The molecule has 0 aliphatic heterocycles. The Bertz CT molecular complexity index is 564. The van der Waals surface area contributed by atoms with Crippen LogP contribution in [-0.4, -0.2) is 9.79 Å². The van der Waals surface area contributed by atoms with Crippen LogP contribution in [-0.2, 0) is 4.57 Å². The molecule has 0 aliphatic carbocycles. The van der Waals surface area contributed by atoms with E-state index in [2.05, 4.69) is 0 Å². The summed E-state index contributed by atoms with van der Waals surface area (Å²) in [5.41, 5.74) is 0.00651. The highest BCUT2D eigenvalue weighted by molar-refractivity contribution is 7.51. The molecule has 2 N–H and O–H groups in total. The molecule has 2 aromatic carbocycles. The van der Waals surface area contributed by atoms with Crippen molar-refractivity contribution in [1.82, 2.24) is 0 Å². The Morgan fingerprint density at radius 3 is 2.31 bits per heavy atom. The zero-order chi connectivity index (χ0) is 11.8. The van der Waals surface area contributed by atoms with E-state index in [1.54, 1.807) is 18.2 Å². The molecule has 0 heterocycles. The van der Waals surface area contributed by atoms with Crippen LogP contribution in [0.4, 0.5) is 4.39 Å². The van der Waals surface area contributed by atoms with E-state index >= 15 is 0 Å². The molecule has 0 aliphatic rings. The molecule has 1 unspecified atom stereocenters. The summed E-state index contributed by atoms with van der Waals surface area (Å²) in [5, 5.41) is 1.67. The van der Waals surface area contributed by atoms with Crippen molar-refractivity contribution >= 4 is 18.4 Å². The van der Waals surface area contributed by atoms with Crippen LogP contribution in [0.2, 0.25) is 0 Å². The van der Waals surface area contributed by atoms with Gasteiger partial charge < -0.3 is 9.79 Å². The normalized spacial score (nSPS) is 13.9. The molecular weight excluding hydrogens is 230 g/mol. The van der Waals surface area contributed by atoms with Crippen LogP contribution >= 0.6 is 7.60 Å². The zero-order valence-electron chi connectivity index (χ0n) is 8.25. The fraction of sp³-hybridized carbons (Fsp3) is 0.0909. The van der Waals surface area contributed by atoms with Gasteiger partial charge >= 0.3 is 7.60 Å². The molecule has 84 valence electrons. The van der Waals surface area contributed by atoms with Gasteiger partial charge in [0.15, 0.2) is 0 Å². The number of benzene rings is 2. The minimum absolute atomic E-state index is 0.00651. The lowest BCUT2D eigenvalue weighted by molar-refractivity contribution is 0.303. The van der Waals surface area contributed by atoms with E-state index in [1.165, 1.54) is 12.1 Å². The van der Waals surface area contributed by atoms with E-state index in [0.29, 0.717) is 0 Å². The van der Waals surface area contributed by atoms with Gasteiger partial charge in [-0.2, -0.15) is 0 Å². The summed E-state index contributed by atoms with van der Waals surface area (Å²) in [6.07, 6.45) is 0. The van der Waals surface area contributed by atoms with Crippen molar-refractivity contribution in [2.75, 3.05) is 0 Å². The number of hydrogen-bond acceptors (Lipinski definition) is 1. The molecule has 3 nitrogen and oxygen atoms in total. The van der Waals surface area contributed by atoms with E-state index < -0.39 is 13.5 Å². The Morgan fingerprint density at radius 2 is 1.69 bits per heavy atom. The second-order valence-electron chi connectivity index (χ2n) is 3.53. The summed E-state index contributed by atoms with van der Waals surface area (Å²) in [6, 6.07) is 11.8. The number of alkyl halides is 1. The molecule has 0 radical (unpaired) electrons. The highest BCUT2D eigenvalue weighted by Gasteiger charge is 2.30. The maximum Gasteiger partial charge on any atom is 0.363 e. The van der Waals surface area contributed by atoms with Gasteiger partial charge in [0.05, 0.1) is 0 Å². The fourth-order valence-corrected chi connectivity index (χ4v) is 2.10. The summed E-state index contributed by atoms with van der Waals surface area (Å²) < 4.78 is 24.2. The Labute approximate surface area is 91.7 Å². The van der Waals surface area contributed by atoms with Crippen LogP contribution in [0.1, 0.15) is 11.5 Å². The maximum absolute atomic E-state index is 13.4. The molecule has 0 saturated heterocycles. The van der Waals surface area contributed by atoms with E-state index in [-0.39, 0.29) is 5.56 Å². The number of halogens is 1. The monoisotopic (exact) mass is 240 g/mol.